The van der Waals surface area contributed by atoms with Crippen LogP contribution in [-0.2, 0) is 0 Å². The Morgan fingerprint density at radius 1 is 0.952 bits per heavy atom. The Morgan fingerprint density at radius 3 is 2.24 bits per heavy atom. The Kier molecular flexibility index (Phi) is 7.16. The van der Waals surface area contributed by atoms with Crippen molar-refractivity contribution >= 4 is 11.9 Å². The lowest BCUT2D eigenvalue weighted by molar-refractivity contribution is -0.136. The molecule has 0 radical (unpaired) electrons. The minimum absolute atomic E-state index is 0.247. The zero-order chi connectivity index (χ0) is 15.1. The molecule has 124 valence electrons. The zero-order valence-corrected chi connectivity index (χ0v) is 13.5. The molecule has 2 heterocycles. The maximum absolute atomic E-state index is 12.1. The normalized spacial score (nSPS) is 23.6. The van der Waals surface area contributed by atoms with Crippen molar-refractivity contribution in [3.63, 3.8) is 0 Å². The van der Waals surface area contributed by atoms with Crippen molar-refractivity contribution in [2.24, 2.45) is 5.92 Å². The van der Waals surface area contributed by atoms with Crippen LogP contribution in [-0.4, -0.2) is 53.9 Å². The number of alkyl halides is 3. The Hall–Kier alpha value is 0.0600. The van der Waals surface area contributed by atoms with E-state index < -0.39 is 12.6 Å². The smallest absolute Gasteiger partial charge is 0.303 e. The van der Waals surface area contributed by atoms with E-state index in [1.165, 1.54) is 38.1 Å². The second kappa shape index (κ2) is 8.63. The van der Waals surface area contributed by atoms with Gasteiger partial charge >= 0.3 is 6.18 Å². The van der Waals surface area contributed by atoms with Crippen molar-refractivity contribution in [1.82, 2.24) is 9.21 Å². The fourth-order valence-electron chi connectivity index (χ4n) is 3.08. The molecule has 21 heavy (non-hydrogen) atoms. The highest BCUT2D eigenvalue weighted by Gasteiger charge is 2.27. The van der Waals surface area contributed by atoms with E-state index in [1.807, 2.05) is 11.9 Å². The third-order valence-corrected chi connectivity index (χ3v) is 5.80. The highest BCUT2D eigenvalue weighted by Crippen LogP contribution is 2.26. The first-order valence-electron chi connectivity index (χ1n) is 8.20. The summed E-state index contributed by atoms with van der Waals surface area (Å²) in [6.07, 6.45) is 1.92. The van der Waals surface area contributed by atoms with Crippen LogP contribution in [0.5, 0.6) is 0 Å². The fraction of sp³-hybridized carbons (Fsp3) is 1.00. The molecule has 2 aliphatic heterocycles. The summed E-state index contributed by atoms with van der Waals surface area (Å²) in [7, 11) is 0. The van der Waals surface area contributed by atoms with E-state index in [2.05, 4.69) is 9.21 Å². The number of hydrogen-bond donors (Lipinski definition) is 0. The van der Waals surface area contributed by atoms with Gasteiger partial charge in [-0.15, -0.1) is 0 Å². The van der Waals surface area contributed by atoms with Gasteiger partial charge in [-0.2, -0.15) is 13.2 Å². The van der Waals surface area contributed by atoms with Gasteiger partial charge in [-0.05, 0) is 57.7 Å². The molecule has 2 rings (SSSR count). The van der Waals surface area contributed by atoms with Crippen LogP contribution >= 0.6 is 11.9 Å². The van der Waals surface area contributed by atoms with Crippen LogP contribution in [0, 0.1) is 5.92 Å². The molecule has 0 N–H and O–H groups in total. The fourth-order valence-corrected chi connectivity index (χ4v) is 4.36. The molecule has 2 fully saturated rings. The van der Waals surface area contributed by atoms with E-state index in [4.69, 9.17) is 0 Å². The number of piperidine rings is 2. The minimum atomic E-state index is -4.00. The van der Waals surface area contributed by atoms with Crippen LogP contribution < -0.4 is 0 Å². The first kappa shape index (κ1) is 17.4. The van der Waals surface area contributed by atoms with Gasteiger partial charge in [0.25, 0.3) is 0 Å². The number of hydrogen-bond acceptors (Lipinski definition) is 3. The van der Waals surface area contributed by atoms with Crippen LogP contribution in [0.4, 0.5) is 13.2 Å². The molecular formula is C15H27F3N2S. The largest absolute Gasteiger partial charge is 0.389 e. The Labute approximate surface area is 130 Å². The number of halogens is 3. The molecule has 0 aliphatic carbocycles. The molecular weight excluding hydrogens is 297 g/mol. The summed E-state index contributed by atoms with van der Waals surface area (Å²) in [6.45, 7) is 5.00. The monoisotopic (exact) mass is 324 g/mol. The van der Waals surface area contributed by atoms with Crippen LogP contribution in [0.15, 0.2) is 0 Å². The third-order valence-electron chi connectivity index (χ3n) is 4.45. The lowest BCUT2D eigenvalue weighted by Gasteiger charge is -2.33. The van der Waals surface area contributed by atoms with Crippen molar-refractivity contribution in [2.75, 3.05) is 38.5 Å². The summed E-state index contributed by atoms with van der Waals surface area (Å²) in [5.41, 5.74) is 0. The summed E-state index contributed by atoms with van der Waals surface area (Å²) in [6, 6.07) is 0. The first-order valence-corrected chi connectivity index (χ1v) is 9.14. The Bertz CT molecular complexity index is 285. The van der Waals surface area contributed by atoms with E-state index in [9.17, 15) is 13.2 Å². The SMILES string of the molecule is FC(F)(F)CCCN1CCC(CSN2CCCCC2)CC1. The summed E-state index contributed by atoms with van der Waals surface area (Å²) in [5, 5.41) is 0. The van der Waals surface area contributed by atoms with Crippen LogP contribution in [0.1, 0.15) is 44.9 Å². The summed E-state index contributed by atoms with van der Waals surface area (Å²) in [4.78, 5) is 2.20. The molecule has 2 aliphatic rings. The predicted octanol–water partition coefficient (Wildman–Crippen LogP) is 4.18. The maximum atomic E-state index is 12.1. The number of rotatable bonds is 6. The third kappa shape index (κ3) is 7.24. The molecule has 0 spiro atoms. The average Bonchev–Trinajstić information content (AvgIpc) is 2.46. The Morgan fingerprint density at radius 2 is 1.62 bits per heavy atom. The van der Waals surface area contributed by atoms with E-state index in [0.29, 0.717) is 6.54 Å². The number of nitrogens with zero attached hydrogens (tertiary/aromatic N) is 2. The van der Waals surface area contributed by atoms with Gasteiger partial charge < -0.3 is 4.90 Å². The first-order chi connectivity index (χ1) is 10.0. The summed E-state index contributed by atoms with van der Waals surface area (Å²) < 4.78 is 38.9. The van der Waals surface area contributed by atoms with Gasteiger partial charge in [-0.25, -0.2) is 0 Å². The summed E-state index contributed by atoms with van der Waals surface area (Å²) in [5.74, 6) is 1.94. The van der Waals surface area contributed by atoms with Crippen molar-refractivity contribution in [3.8, 4) is 0 Å². The molecule has 0 saturated carbocycles. The van der Waals surface area contributed by atoms with E-state index >= 15 is 0 Å². The zero-order valence-electron chi connectivity index (χ0n) is 12.7. The topological polar surface area (TPSA) is 6.48 Å². The molecule has 6 heteroatoms. The molecule has 0 atom stereocenters. The van der Waals surface area contributed by atoms with E-state index in [0.717, 1.165) is 31.8 Å². The van der Waals surface area contributed by atoms with Gasteiger partial charge in [-0.3, -0.25) is 4.31 Å². The minimum Gasteiger partial charge on any atom is -0.303 e. The predicted molar refractivity (Wildman–Crippen MR) is 82.3 cm³/mol. The van der Waals surface area contributed by atoms with Crippen LogP contribution in [0.2, 0.25) is 0 Å². The van der Waals surface area contributed by atoms with Crippen molar-refractivity contribution < 1.29 is 13.2 Å². The van der Waals surface area contributed by atoms with Gasteiger partial charge in [0.05, 0.1) is 0 Å². The van der Waals surface area contributed by atoms with Gasteiger partial charge in [0.15, 0.2) is 0 Å². The second-order valence-corrected chi connectivity index (χ2v) is 7.40. The van der Waals surface area contributed by atoms with Crippen molar-refractivity contribution in [2.45, 2.75) is 51.1 Å². The summed E-state index contributed by atoms with van der Waals surface area (Å²) >= 11 is 1.99. The lowest BCUT2D eigenvalue weighted by atomic mass is 9.99. The molecule has 0 bridgehead atoms. The molecule has 0 aromatic carbocycles. The average molecular weight is 324 g/mol. The van der Waals surface area contributed by atoms with E-state index in [-0.39, 0.29) is 6.42 Å². The van der Waals surface area contributed by atoms with Gasteiger partial charge in [0.2, 0.25) is 0 Å². The second-order valence-electron chi connectivity index (χ2n) is 6.29. The lowest BCUT2D eigenvalue weighted by Crippen LogP contribution is -2.36. The highest BCUT2D eigenvalue weighted by molar-refractivity contribution is 7.97. The maximum Gasteiger partial charge on any atom is 0.389 e. The van der Waals surface area contributed by atoms with Crippen molar-refractivity contribution in [3.05, 3.63) is 0 Å². The molecule has 0 amide bonds. The van der Waals surface area contributed by atoms with Crippen molar-refractivity contribution in [1.29, 1.82) is 0 Å². The van der Waals surface area contributed by atoms with Crippen LogP contribution in [0.25, 0.3) is 0 Å². The highest BCUT2D eigenvalue weighted by atomic mass is 32.2. The molecule has 0 unspecified atom stereocenters. The molecule has 0 aromatic rings. The standard InChI is InChI=1S/C15H27F3N2S/c16-15(17,18)7-4-8-19-11-5-14(6-12-19)13-21-20-9-2-1-3-10-20/h14H,1-13H2. The Balaban J connectivity index is 1.53. The van der Waals surface area contributed by atoms with Gasteiger partial charge in [0, 0.05) is 25.3 Å². The van der Waals surface area contributed by atoms with Gasteiger partial charge in [-0.1, -0.05) is 18.4 Å². The number of likely N-dealkylation sites (tertiary alicyclic amines) is 1. The van der Waals surface area contributed by atoms with Crippen LogP contribution in [0.3, 0.4) is 0 Å². The van der Waals surface area contributed by atoms with Gasteiger partial charge in [0.1, 0.15) is 0 Å². The van der Waals surface area contributed by atoms with E-state index in [1.54, 1.807) is 0 Å². The molecule has 0 aromatic heterocycles. The molecule has 2 nitrogen and oxygen atoms in total. The molecule has 2 saturated heterocycles. The quantitative estimate of drug-likeness (QED) is 0.677.